The second-order valence-electron chi connectivity index (χ2n) is 14.3. The van der Waals surface area contributed by atoms with E-state index in [4.69, 9.17) is 4.98 Å². The van der Waals surface area contributed by atoms with E-state index in [-0.39, 0.29) is 22.6 Å². The van der Waals surface area contributed by atoms with Crippen LogP contribution in [0.4, 0.5) is 11.4 Å². The van der Waals surface area contributed by atoms with E-state index >= 15 is 0 Å². The Hall–Kier alpha value is -4.25. The average molecular weight is 586 g/mol. The van der Waals surface area contributed by atoms with Gasteiger partial charge in [-0.2, -0.15) is 0 Å². The molecule has 0 N–H and O–H groups in total. The van der Waals surface area contributed by atoms with Crippen molar-refractivity contribution in [1.82, 2.24) is 4.98 Å². The molecule has 6 rings (SSSR count). The van der Waals surface area contributed by atoms with Crippen molar-refractivity contribution in [2.45, 2.75) is 78.1 Å². The van der Waals surface area contributed by atoms with Gasteiger partial charge in [-0.05, 0) is 87.9 Å². The second-order valence-corrected chi connectivity index (χ2v) is 14.3. The Kier molecular flexibility index (Phi) is 7.69. The summed E-state index contributed by atoms with van der Waals surface area (Å²) in [5.74, 6) is 0.291. The number of amides is 2. The van der Waals surface area contributed by atoms with Crippen molar-refractivity contribution in [2.75, 3.05) is 22.9 Å². The van der Waals surface area contributed by atoms with Crippen LogP contribution in [0.5, 0.6) is 0 Å². The molecule has 0 spiro atoms. The van der Waals surface area contributed by atoms with Gasteiger partial charge in [0.2, 0.25) is 11.8 Å². The summed E-state index contributed by atoms with van der Waals surface area (Å²) in [6.07, 6.45) is 4.83. The molecule has 0 radical (unpaired) electrons. The first-order valence-corrected chi connectivity index (χ1v) is 15.9. The molecule has 5 nitrogen and oxygen atoms in total. The fraction of sp³-hybridized carbons (Fsp3) is 0.359. The molecule has 0 bridgehead atoms. The number of rotatable bonds is 5. The fourth-order valence-electron chi connectivity index (χ4n) is 6.15. The van der Waals surface area contributed by atoms with Crippen LogP contribution in [0.25, 0.3) is 33.5 Å². The highest BCUT2D eigenvalue weighted by Gasteiger charge is 2.27. The number of anilines is 2. The summed E-state index contributed by atoms with van der Waals surface area (Å²) >= 11 is 0. The molecule has 0 unspecified atom stereocenters. The quantitative estimate of drug-likeness (QED) is 0.235. The lowest BCUT2D eigenvalue weighted by molar-refractivity contribution is -0.117. The molecular formula is C39H43N3O2. The summed E-state index contributed by atoms with van der Waals surface area (Å²) in [4.78, 5) is 33.8. The van der Waals surface area contributed by atoms with Gasteiger partial charge in [-0.15, -0.1) is 0 Å². The first kappa shape index (κ1) is 29.8. The predicted molar refractivity (Wildman–Crippen MR) is 181 cm³/mol. The van der Waals surface area contributed by atoms with Gasteiger partial charge in [-0.1, -0.05) is 77.9 Å². The minimum Gasteiger partial charge on any atom is -0.312 e. The molecule has 3 heterocycles. The monoisotopic (exact) mass is 585 g/mol. The lowest BCUT2D eigenvalue weighted by Gasteiger charge is -2.26. The van der Waals surface area contributed by atoms with Crippen molar-refractivity contribution in [3.05, 3.63) is 90.1 Å². The third-order valence-corrected chi connectivity index (χ3v) is 8.95. The van der Waals surface area contributed by atoms with Crippen LogP contribution in [0, 0.1) is 0 Å². The molecule has 5 heteroatoms. The zero-order valence-electron chi connectivity index (χ0n) is 26.9. The van der Waals surface area contributed by atoms with E-state index in [9.17, 15) is 9.59 Å². The van der Waals surface area contributed by atoms with Crippen molar-refractivity contribution < 1.29 is 9.59 Å². The van der Waals surface area contributed by atoms with E-state index in [1.54, 1.807) is 0 Å². The summed E-state index contributed by atoms with van der Waals surface area (Å²) in [6, 6.07) is 25.8. The summed E-state index contributed by atoms with van der Waals surface area (Å²) in [7, 11) is 0. The molecule has 2 aliphatic heterocycles. The molecule has 1 aromatic heterocycles. The molecule has 3 aromatic carbocycles. The van der Waals surface area contributed by atoms with Crippen LogP contribution in [-0.2, 0) is 20.4 Å². The summed E-state index contributed by atoms with van der Waals surface area (Å²) in [6.45, 7) is 15.0. The highest BCUT2D eigenvalue weighted by molar-refractivity contribution is 6.00. The molecule has 0 aliphatic carbocycles. The molecular weight excluding hydrogens is 542 g/mol. The van der Waals surface area contributed by atoms with E-state index in [2.05, 4.69) is 108 Å². The van der Waals surface area contributed by atoms with Gasteiger partial charge in [-0.25, -0.2) is 0 Å². The standard InChI is InChI=1S/C39H43N3O2/c1-38(2,3)31-19-30(20-32(23-31)39(4,5)6)35-16-15-28(25-40-35)26-11-13-27(14-12-26)29-21-33(41-17-7-9-36(41)43)24-34(22-29)42-18-8-10-37(42)44/h11-16,19-25H,7-10,17-18H2,1-6H3. The van der Waals surface area contributed by atoms with Gasteiger partial charge in [0.25, 0.3) is 0 Å². The van der Waals surface area contributed by atoms with Crippen molar-refractivity contribution in [2.24, 2.45) is 0 Å². The van der Waals surface area contributed by atoms with Crippen LogP contribution in [0.2, 0.25) is 0 Å². The van der Waals surface area contributed by atoms with Gasteiger partial charge < -0.3 is 9.80 Å². The Bertz CT molecular complexity index is 1630. The lowest BCUT2D eigenvalue weighted by Crippen LogP contribution is -2.26. The van der Waals surface area contributed by atoms with E-state index in [1.165, 1.54) is 11.1 Å². The third-order valence-electron chi connectivity index (χ3n) is 8.95. The number of carbonyl (C=O) groups excluding carboxylic acids is 2. The number of hydrogen-bond donors (Lipinski definition) is 0. The fourth-order valence-corrected chi connectivity index (χ4v) is 6.15. The van der Waals surface area contributed by atoms with Crippen LogP contribution in [0.3, 0.4) is 0 Å². The highest BCUT2D eigenvalue weighted by Crippen LogP contribution is 2.37. The van der Waals surface area contributed by atoms with E-state index in [1.807, 2.05) is 22.1 Å². The smallest absolute Gasteiger partial charge is 0.227 e. The largest absolute Gasteiger partial charge is 0.312 e. The minimum absolute atomic E-state index is 0.0476. The molecule has 0 saturated carbocycles. The maximum atomic E-state index is 12.6. The summed E-state index contributed by atoms with van der Waals surface area (Å²) in [5, 5.41) is 0. The SMILES string of the molecule is CC(C)(C)c1cc(-c2ccc(-c3ccc(-c4cc(N5CCCC5=O)cc(N5CCCC5=O)c4)cc3)cn2)cc(C(C)(C)C)c1. The molecule has 4 aromatic rings. The predicted octanol–water partition coefficient (Wildman–Crippen LogP) is 8.93. The Labute approximate surface area is 261 Å². The number of hydrogen-bond acceptors (Lipinski definition) is 3. The van der Waals surface area contributed by atoms with Crippen LogP contribution in [0.1, 0.15) is 78.4 Å². The molecule has 0 atom stereocenters. The van der Waals surface area contributed by atoms with Crippen molar-refractivity contribution in [3.63, 3.8) is 0 Å². The first-order chi connectivity index (χ1) is 20.9. The van der Waals surface area contributed by atoms with Crippen molar-refractivity contribution in [3.8, 4) is 33.5 Å². The zero-order chi connectivity index (χ0) is 31.2. The van der Waals surface area contributed by atoms with Crippen LogP contribution in [0.15, 0.2) is 79.0 Å². The number of aromatic nitrogens is 1. The number of benzene rings is 3. The molecule has 2 saturated heterocycles. The normalized spacial score (nSPS) is 15.9. The number of nitrogens with zero attached hydrogens (tertiary/aromatic N) is 3. The topological polar surface area (TPSA) is 53.5 Å². The zero-order valence-corrected chi connectivity index (χ0v) is 26.9. The van der Waals surface area contributed by atoms with Crippen molar-refractivity contribution in [1.29, 1.82) is 0 Å². The number of carbonyl (C=O) groups is 2. The Morgan fingerprint density at radius 2 is 1.02 bits per heavy atom. The summed E-state index contributed by atoms with van der Waals surface area (Å²) < 4.78 is 0. The molecule has 2 aliphatic rings. The third kappa shape index (κ3) is 6.06. The van der Waals surface area contributed by atoms with Gasteiger partial charge in [0.1, 0.15) is 0 Å². The Morgan fingerprint density at radius 1 is 0.545 bits per heavy atom. The highest BCUT2D eigenvalue weighted by atomic mass is 16.2. The van der Waals surface area contributed by atoms with E-state index in [0.717, 1.165) is 70.8 Å². The van der Waals surface area contributed by atoms with Gasteiger partial charge in [-0.3, -0.25) is 14.6 Å². The van der Waals surface area contributed by atoms with Crippen LogP contribution >= 0.6 is 0 Å². The molecule has 2 amide bonds. The maximum absolute atomic E-state index is 12.6. The molecule has 2 fully saturated rings. The van der Waals surface area contributed by atoms with Crippen molar-refractivity contribution >= 4 is 23.2 Å². The van der Waals surface area contributed by atoms with E-state index < -0.39 is 0 Å². The average Bonchev–Trinajstić information content (AvgIpc) is 3.63. The maximum Gasteiger partial charge on any atom is 0.227 e. The van der Waals surface area contributed by atoms with Gasteiger partial charge in [0.05, 0.1) is 5.69 Å². The van der Waals surface area contributed by atoms with Gasteiger partial charge in [0, 0.05) is 54.6 Å². The second kappa shape index (κ2) is 11.4. The minimum atomic E-state index is 0.0476. The Morgan fingerprint density at radius 3 is 1.43 bits per heavy atom. The Balaban J connectivity index is 1.30. The van der Waals surface area contributed by atoms with Gasteiger partial charge >= 0.3 is 0 Å². The number of pyridine rings is 1. The van der Waals surface area contributed by atoms with E-state index in [0.29, 0.717) is 12.8 Å². The van der Waals surface area contributed by atoms with Crippen LogP contribution in [-0.4, -0.2) is 29.9 Å². The molecule has 226 valence electrons. The molecule has 44 heavy (non-hydrogen) atoms. The van der Waals surface area contributed by atoms with Gasteiger partial charge in [0.15, 0.2) is 0 Å². The summed E-state index contributed by atoms with van der Waals surface area (Å²) in [5.41, 5.74) is 10.8. The lowest BCUT2D eigenvalue weighted by atomic mass is 9.79. The first-order valence-electron chi connectivity index (χ1n) is 15.9. The van der Waals surface area contributed by atoms with Crippen LogP contribution < -0.4 is 9.80 Å².